The number of sulfone groups is 1. The third kappa shape index (κ3) is 4.45. The van der Waals surface area contributed by atoms with Gasteiger partial charge in [0.1, 0.15) is 23.4 Å². The molecule has 6 heteroatoms. The quantitative estimate of drug-likeness (QED) is 0.674. The summed E-state index contributed by atoms with van der Waals surface area (Å²) in [5, 5.41) is 9.41. The maximum Gasteiger partial charge on any atom is 0.163 e. The topological polar surface area (TPSA) is 72.8 Å². The molecule has 5 nitrogen and oxygen atoms in total. The summed E-state index contributed by atoms with van der Waals surface area (Å²) in [6.45, 7) is 2.50. The van der Waals surface area contributed by atoms with Crippen molar-refractivity contribution < 1.29 is 23.0 Å². The number of rotatable bonds is 7. The Morgan fingerprint density at radius 3 is 2.67 bits per heavy atom. The maximum atomic E-state index is 12.6. The third-order valence-corrected chi connectivity index (χ3v) is 7.66. The molecule has 4 rings (SSSR count). The van der Waals surface area contributed by atoms with Gasteiger partial charge < -0.3 is 14.6 Å². The van der Waals surface area contributed by atoms with Gasteiger partial charge in [0, 0.05) is 5.56 Å². The summed E-state index contributed by atoms with van der Waals surface area (Å²) in [7, 11) is -3.23. The van der Waals surface area contributed by atoms with Crippen molar-refractivity contribution in [1.82, 2.24) is 0 Å². The third-order valence-electron chi connectivity index (χ3n) is 5.66. The second kappa shape index (κ2) is 8.66. The highest BCUT2D eigenvalue weighted by Gasteiger charge is 2.46. The van der Waals surface area contributed by atoms with Crippen LogP contribution in [0.4, 0.5) is 0 Å². The van der Waals surface area contributed by atoms with E-state index in [1.54, 1.807) is 12.1 Å². The molecule has 2 heterocycles. The molecule has 0 saturated carbocycles. The van der Waals surface area contributed by atoms with Gasteiger partial charge in [0.05, 0.1) is 18.5 Å². The van der Waals surface area contributed by atoms with Crippen LogP contribution in [-0.2, 0) is 14.6 Å². The van der Waals surface area contributed by atoms with Gasteiger partial charge in [-0.2, -0.15) is 0 Å². The van der Waals surface area contributed by atoms with Gasteiger partial charge in [-0.05, 0) is 49.1 Å². The van der Waals surface area contributed by atoms with Crippen LogP contribution in [-0.4, -0.2) is 43.8 Å². The molecule has 2 aliphatic rings. The normalized spacial score (nSPS) is 22.9. The van der Waals surface area contributed by atoms with Crippen LogP contribution in [0, 0.1) is 0 Å². The summed E-state index contributed by atoms with van der Waals surface area (Å²) in [6.07, 6.45) is 3.20. The average Bonchev–Trinajstić information content (AvgIpc) is 3.27. The SMILES string of the molecule is C/C(=C\c1ccccc1O)CC[C@H]1OC[C@H]2C1=C(COc1ccccc1)CS2(=O)=O. The van der Waals surface area contributed by atoms with Gasteiger partial charge in [-0.3, -0.25) is 0 Å². The number of phenolic OH excluding ortho intramolecular Hbond substituents is 1. The van der Waals surface area contributed by atoms with Crippen molar-refractivity contribution in [3.8, 4) is 11.5 Å². The lowest BCUT2D eigenvalue weighted by molar-refractivity contribution is 0.117. The summed E-state index contributed by atoms with van der Waals surface area (Å²) in [5.41, 5.74) is 3.60. The van der Waals surface area contributed by atoms with Gasteiger partial charge in [0.15, 0.2) is 9.84 Å². The first-order valence-electron chi connectivity index (χ1n) is 10.1. The monoisotopic (exact) mass is 426 g/mol. The van der Waals surface area contributed by atoms with Gasteiger partial charge in [0.2, 0.25) is 0 Å². The zero-order valence-corrected chi connectivity index (χ0v) is 17.8. The van der Waals surface area contributed by atoms with Crippen molar-refractivity contribution in [3.05, 3.63) is 76.9 Å². The Morgan fingerprint density at radius 1 is 1.17 bits per heavy atom. The Hall–Kier alpha value is -2.57. The molecule has 2 aliphatic heterocycles. The van der Waals surface area contributed by atoms with Gasteiger partial charge in [-0.25, -0.2) is 8.42 Å². The first-order chi connectivity index (χ1) is 14.4. The van der Waals surface area contributed by atoms with Gasteiger partial charge >= 0.3 is 0 Å². The number of hydrogen-bond acceptors (Lipinski definition) is 5. The van der Waals surface area contributed by atoms with Gasteiger partial charge in [-0.15, -0.1) is 0 Å². The molecule has 1 saturated heterocycles. The number of hydrogen-bond donors (Lipinski definition) is 1. The fourth-order valence-electron chi connectivity index (χ4n) is 4.13. The van der Waals surface area contributed by atoms with Gasteiger partial charge in [0.25, 0.3) is 0 Å². The fourth-order valence-corrected chi connectivity index (χ4v) is 6.05. The molecule has 158 valence electrons. The molecule has 0 spiro atoms. The molecule has 0 radical (unpaired) electrons. The Kier molecular flexibility index (Phi) is 5.97. The van der Waals surface area contributed by atoms with E-state index in [4.69, 9.17) is 9.47 Å². The lowest BCUT2D eigenvalue weighted by atomic mass is 9.97. The number of aromatic hydroxyl groups is 1. The average molecular weight is 427 g/mol. The van der Waals surface area contributed by atoms with Crippen LogP contribution in [0.5, 0.6) is 11.5 Å². The molecular formula is C24H26O5S. The van der Waals surface area contributed by atoms with E-state index in [0.717, 1.165) is 34.5 Å². The van der Waals surface area contributed by atoms with Crippen molar-refractivity contribution in [1.29, 1.82) is 0 Å². The largest absolute Gasteiger partial charge is 0.507 e. The highest BCUT2D eigenvalue weighted by Crippen LogP contribution is 2.38. The standard InChI is InChI=1S/C24H26O5S/c1-17(13-18-7-5-6-10-21(18)25)11-12-22-24-19(14-28-20-8-3-2-4-9-20)16-30(26,27)23(24)15-29-22/h2-10,13,22-23,25H,11-12,14-16H2,1H3/b17-13+/t22-,23+/m1/s1. The Morgan fingerprint density at radius 2 is 1.90 bits per heavy atom. The van der Waals surface area contributed by atoms with Gasteiger partial charge in [-0.1, -0.05) is 48.0 Å². The number of para-hydroxylation sites is 2. The van der Waals surface area contributed by atoms with E-state index in [9.17, 15) is 13.5 Å². The smallest absolute Gasteiger partial charge is 0.163 e. The molecule has 0 aliphatic carbocycles. The summed E-state index contributed by atoms with van der Waals surface area (Å²) >= 11 is 0. The molecule has 30 heavy (non-hydrogen) atoms. The lowest BCUT2D eigenvalue weighted by Gasteiger charge is -2.15. The predicted molar refractivity (Wildman–Crippen MR) is 117 cm³/mol. The highest BCUT2D eigenvalue weighted by atomic mass is 32.2. The van der Waals surface area contributed by atoms with Crippen LogP contribution < -0.4 is 4.74 Å². The molecule has 0 unspecified atom stereocenters. The van der Waals surface area contributed by atoms with Crippen LogP contribution in [0.3, 0.4) is 0 Å². The van der Waals surface area contributed by atoms with Crippen LogP contribution in [0.15, 0.2) is 71.3 Å². The molecule has 1 fully saturated rings. The van der Waals surface area contributed by atoms with E-state index in [2.05, 4.69) is 0 Å². The summed E-state index contributed by atoms with van der Waals surface area (Å²) in [4.78, 5) is 0. The van der Waals surface area contributed by atoms with Crippen molar-refractivity contribution in [2.45, 2.75) is 31.1 Å². The molecule has 0 aromatic heterocycles. The van der Waals surface area contributed by atoms with E-state index in [1.165, 1.54) is 0 Å². The molecular weight excluding hydrogens is 400 g/mol. The number of benzene rings is 2. The van der Waals surface area contributed by atoms with Crippen LogP contribution in [0.25, 0.3) is 6.08 Å². The Balaban J connectivity index is 1.47. The van der Waals surface area contributed by atoms with Crippen molar-refractivity contribution >= 4 is 15.9 Å². The number of phenols is 1. The number of fused-ring (bicyclic) bond motifs is 1. The van der Waals surface area contributed by atoms with E-state index in [-0.39, 0.29) is 30.8 Å². The minimum Gasteiger partial charge on any atom is -0.507 e. The second-order valence-electron chi connectivity index (χ2n) is 7.87. The van der Waals surface area contributed by atoms with Crippen LogP contribution in [0.1, 0.15) is 25.3 Å². The summed E-state index contributed by atoms with van der Waals surface area (Å²) < 4.78 is 37.0. The zero-order chi connectivity index (χ0) is 21.1. The van der Waals surface area contributed by atoms with Crippen LogP contribution >= 0.6 is 0 Å². The molecule has 2 atom stereocenters. The summed E-state index contributed by atoms with van der Waals surface area (Å²) in [6, 6.07) is 16.6. The predicted octanol–water partition coefficient (Wildman–Crippen LogP) is 4.15. The number of allylic oxidation sites excluding steroid dienone is 1. The summed E-state index contributed by atoms with van der Waals surface area (Å²) in [5.74, 6) is 1.02. The molecule has 0 bridgehead atoms. The van der Waals surface area contributed by atoms with Crippen molar-refractivity contribution in [3.63, 3.8) is 0 Å². The minimum absolute atomic E-state index is 0.0480. The van der Waals surface area contributed by atoms with Crippen molar-refractivity contribution in [2.75, 3.05) is 19.0 Å². The first kappa shape index (κ1) is 20.7. The lowest BCUT2D eigenvalue weighted by Crippen LogP contribution is -2.19. The van der Waals surface area contributed by atoms with E-state index < -0.39 is 15.1 Å². The molecule has 0 amide bonds. The maximum absolute atomic E-state index is 12.6. The molecule has 2 aromatic carbocycles. The van der Waals surface area contributed by atoms with Crippen LogP contribution in [0.2, 0.25) is 0 Å². The zero-order valence-electron chi connectivity index (χ0n) is 17.0. The Labute approximate surface area is 177 Å². The van der Waals surface area contributed by atoms with E-state index >= 15 is 0 Å². The van der Waals surface area contributed by atoms with Crippen molar-refractivity contribution in [2.24, 2.45) is 0 Å². The van der Waals surface area contributed by atoms with E-state index in [1.807, 2.05) is 55.5 Å². The fraction of sp³-hybridized carbons (Fsp3) is 0.333. The van der Waals surface area contributed by atoms with E-state index in [0.29, 0.717) is 6.42 Å². The Bertz CT molecular complexity index is 1070. The number of ether oxygens (including phenoxy) is 2. The second-order valence-corrected chi connectivity index (χ2v) is 10.1. The minimum atomic E-state index is -3.23. The molecule has 1 N–H and O–H groups in total. The first-order valence-corrected chi connectivity index (χ1v) is 11.8. The molecule has 2 aromatic rings. The highest BCUT2D eigenvalue weighted by molar-refractivity contribution is 7.92.